The van der Waals surface area contributed by atoms with E-state index in [1.807, 2.05) is 38.1 Å². The number of fused-ring (bicyclic) bond motifs is 1. The number of rotatable bonds is 6. The van der Waals surface area contributed by atoms with Crippen LogP contribution in [0.3, 0.4) is 0 Å². The molecule has 7 nitrogen and oxygen atoms in total. The molecule has 0 saturated heterocycles. The van der Waals surface area contributed by atoms with Crippen molar-refractivity contribution in [3.63, 3.8) is 0 Å². The average molecular weight is 592 g/mol. The third kappa shape index (κ3) is 4.97. The van der Waals surface area contributed by atoms with Crippen molar-refractivity contribution in [1.29, 1.82) is 0 Å². The van der Waals surface area contributed by atoms with E-state index >= 15 is 0 Å². The van der Waals surface area contributed by atoms with Gasteiger partial charge in [-0.05, 0) is 68.3 Å². The molecule has 3 N–H and O–H groups in total. The van der Waals surface area contributed by atoms with Crippen molar-refractivity contribution < 1.29 is 5.11 Å². The van der Waals surface area contributed by atoms with E-state index in [-0.39, 0.29) is 11.3 Å². The molecule has 0 spiro atoms. The second kappa shape index (κ2) is 10.5. The van der Waals surface area contributed by atoms with E-state index in [0.717, 1.165) is 36.8 Å². The van der Waals surface area contributed by atoms with Crippen LogP contribution >= 0.6 is 27.5 Å². The maximum absolute atomic E-state index is 13.1. The fourth-order valence-corrected chi connectivity index (χ4v) is 5.04. The van der Waals surface area contributed by atoms with Crippen molar-refractivity contribution >= 4 is 44.1 Å². The molecule has 0 saturated carbocycles. The normalized spacial score (nSPS) is 11.8. The molecule has 0 aliphatic carbocycles. The van der Waals surface area contributed by atoms with E-state index in [0.29, 0.717) is 29.2 Å². The number of aliphatic imine (C=N–C) groups is 1. The standard InChI is InChI=1S/C29H24BrClN4O3/c1-16-3-10-21(11-4-16)35-28(37)25(27(36)34-29(35)38)26(18-5-8-20(31)9-6-18)32-14-13-22-17(2)33-24-12-7-19(30)15-23(22)24/h3-12,15,33,37H,13-14H2,1-2H3,(H,34,36,38). The number of halogens is 2. The Labute approximate surface area is 231 Å². The van der Waals surface area contributed by atoms with Crippen LogP contribution in [0, 0.1) is 13.8 Å². The quantitative estimate of drug-likeness (QED) is 0.217. The number of aryl methyl sites for hydroxylation is 2. The summed E-state index contributed by atoms with van der Waals surface area (Å²) >= 11 is 9.65. The lowest BCUT2D eigenvalue weighted by molar-refractivity contribution is 0.430. The van der Waals surface area contributed by atoms with Gasteiger partial charge in [0.1, 0.15) is 5.56 Å². The zero-order chi connectivity index (χ0) is 27.0. The highest BCUT2D eigenvalue weighted by Gasteiger charge is 2.22. The maximum Gasteiger partial charge on any atom is 0.335 e. The molecule has 0 radical (unpaired) electrons. The monoisotopic (exact) mass is 590 g/mol. The molecular formula is C29H24BrClN4O3. The van der Waals surface area contributed by atoms with Crippen molar-refractivity contribution in [1.82, 2.24) is 14.5 Å². The molecule has 5 aromatic rings. The minimum absolute atomic E-state index is 0.0918. The number of nitrogens with one attached hydrogen (secondary N) is 2. The number of hydrogen-bond acceptors (Lipinski definition) is 4. The summed E-state index contributed by atoms with van der Waals surface area (Å²) in [5.41, 5.74) is 3.89. The number of nitrogens with zero attached hydrogens (tertiary/aromatic N) is 2. The Bertz CT molecular complexity index is 1800. The molecule has 0 aliphatic heterocycles. The van der Waals surface area contributed by atoms with Crippen LogP contribution in [-0.2, 0) is 6.42 Å². The van der Waals surface area contributed by atoms with Gasteiger partial charge in [-0.25, -0.2) is 9.36 Å². The smallest absolute Gasteiger partial charge is 0.335 e. The molecule has 3 aromatic carbocycles. The van der Waals surface area contributed by atoms with Crippen molar-refractivity contribution in [2.75, 3.05) is 6.54 Å². The molecule has 2 aromatic heterocycles. The fraction of sp³-hybridized carbons (Fsp3) is 0.138. The van der Waals surface area contributed by atoms with Crippen LogP contribution in [-0.4, -0.2) is 31.9 Å². The number of H-pyrrole nitrogens is 2. The van der Waals surface area contributed by atoms with Gasteiger partial charge in [-0.1, -0.05) is 57.4 Å². The third-order valence-corrected chi connectivity index (χ3v) is 7.19. The van der Waals surface area contributed by atoms with Gasteiger partial charge in [-0.3, -0.25) is 14.8 Å². The van der Waals surface area contributed by atoms with Gasteiger partial charge in [0.2, 0.25) is 5.88 Å². The number of aromatic hydroxyl groups is 1. The predicted octanol–water partition coefficient (Wildman–Crippen LogP) is 5.83. The highest BCUT2D eigenvalue weighted by Crippen LogP contribution is 2.27. The minimum Gasteiger partial charge on any atom is -0.493 e. The Morgan fingerprint density at radius 2 is 1.71 bits per heavy atom. The Morgan fingerprint density at radius 3 is 2.42 bits per heavy atom. The number of benzene rings is 3. The van der Waals surface area contributed by atoms with Crippen LogP contribution in [0.15, 0.2) is 85.8 Å². The van der Waals surface area contributed by atoms with E-state index < -0.39 is 17.1 Å². The van der Waals surface area contributed by atoms with Crippen molar-refractivity contribution in [3.05, 3.63) is 125 Å². The molecule has 192 valence electrons. The predicted molar refractivity (Wildman–Crippen MR) is 155 cm³/mol. The topological polar surface area (TPSA) is 103 Å². The lowest BCUT2D eigenvalue weighted by atomic mass is 10.0. The summed E-state index contributed by atoms with van der Waals surface area (Å²) in [6, 6.07) is 20.0. The molecule has 2 heterocycles. The molecular weight excluding hydrogens is 568 g/mol. The third-order valence-electron chi connectivity index (χ3n) is 6.45. The van der Waals surface area contributed by atoms with Gasteiger partial charge >= 0.3 is 5.69 Å². The lowest BCUT2D eigenvalue weighted by Gasteiger charge is -2.14. The SMILES string of the molecule is Cc1ccc(-n2c(O)c(C(=NCCc3c(C)[nH]c4ccc(Br)cc34)c3ccc(Cl)cc3)c(=O)[nH]c2=O)cc1. The Balaban J connectivity index is 1.63. The molecule has 5 rings (SSSR count). The molecule has 0 fully saturated rings. The lowest BCUT2D eigenvalue weighted by Crippen LogP contribution is -2.33. The van der Waals surface area contributed by atoms with Crippen LogP contribution in [0.25, 0.3) is 16.6 Å². The van der Waals surface area contributed by atoms with E-state index in [9.17, 15) is 14.7 Å². The molecule has 0 atom stereocenters. The second-order valence-corrected chi connectivity index (χ2v) is 10.4. The van der Waals surface area contributed by atoms with Crippen LogP contribution in [0.2, 0.25) is 5.02 Å². The number of aromatic nitrogens is 3. The van der Waals surface area contributed by atoms with E-state index in [2.05, 4.69) is 32.0 Å². The highest BCUT2D eigenvalue weighted by atomic mass is 79.9. The van der Waals surface area contributed by atoms with Gasteiger partial charge in [-0.2, -0.15) is 0 Å². The van der Waals surface area contributed by atoms with E-state index in [4.69, 9.17) is 16.6 Å². The summed E-state index contributed by atoms with van der Waals surface area (Å²) in [6.07, 6.45) is 0.593. The van der Waals surface area contributed by atoms with Crippen LogP contribution < -0.4 is 11.2 Å². The fourth-order valence-electron chi connectivity index (χ4n) is 4.55. The zero-order valence-electron chi connectivity index (χ0n) is 20.7. The van der Waals surface area contributed by atoms with Crippen LogP contribution in [0.1, 0.15) is 27.9 Å². The van der Waals surface area contributed by atoms with Gasteiger partial charge in [0, 0.05) is 38.2 Å². The first-order valence-corrected chi connectivity index (χ1v) is 13.1. The average Bonchev–Trinajstić information content (AvgIpc) is 3.18. The van der Waals surface area contributed by atoms with Gasteiger partial charge in [-0.15, -0.1) is 0 Å². The Hall–Kier alpha value is -3.88. The largest absolute Gasteiger partial charge is 0.493 e. The molecule has 0 bridgehead atoms. The van der Waals surface area contributed by atoms with Crippen LogP contribution in [0.5, 0.6) is 5.88 Å². The Kier molecular flexibility index (Phi) is 7.10. The first-order chi connectivity index (χ1) is 18.2. The zero-order valence-corrected chi connectivity index (χ0v) is 23.0. The number of aromatic amines is 2. The maximum atomic E-state index is 13.1. The van der Waals surface area contributed by atoms with E-state index in [1.165, 1.54) is 0 Å². The van der Waals surface area contributed by atoms with Crippen molar-refractivity contribution in [2.24, 2.45) is 4.99 Å². The molecule has 0 unspecified atom stereocenters. The molecule has 0 aliphatic rings. The summed E-state index contributed by atoms with van der Waals surface area (Å²) in [7, 11) is 0. The molecule has 0 amide bonds. The van der Waals surface area contributed by atoms with E-state index in [1.54, 1.807) is 36.4 Å². The summed E-state index contributed by atoms with van der Waals surface area (Å²) in [6.45, 7) is 4.27. The molecule has 38 heavy (non-hydrogen) atoms. The Morgan fingerprint density at radius 1 is 1.00 bits per heavy atom. The summed E-state index contributed by atoms with van der Waals surface area (Å²) in [5, 5.41) is 12.9. The highest BCUT2D eigenvalue weighted by molar-refractivity contribution is 9.10. The second-order valence-electron chi connectivity index (χ2n) is 9.03. The first-order valence-electron chi connectivity index (χ1n) is 12.0. The van der Waals surface area contributed by atoms with Gasteiger partial charge in [0.15, 0.2) is 0 Å². The van der Waals surface area contributed by atoms with Crippen molar-refractivity contribution in [3.8, 4) is 11.6 Å². The van der Waals surface area contributed by atoms with Crippen LogP contribution in [0.4, 0.5) is 0 Å². The van der Waals surface area contributed by atoms with Gasteiger partial charge in [0.25, 0.3) is 5.56 Å². The van der Waals surface area contributed by atoms with Crippen molar-refractivity contribution in [2.45, 2.75) is 20.3 Å². The number of hydrogen-bond donors (Lipinski definition) is 3. The summed E-state index contributed by atoms with van der Waals surface area (Å²) < 4.78 is 2.05. The summed E-state index contributed by atoms with van der Waals surface area (Å²) in [4.78, 5) is 36.4. The molecule has 9 heteroatoms. The van der Waals surface area contributed by atoms with Gasteiger partial charge < -0.3 is 10.1 Å². The summed E-state index contributed by atoms with van der Waals surface area (Å²) in [5.74, 6) is -0.483. The van der Waals surface area contributed by atoms with Gasteiger partial charge in [0.05, 0.1) is 11.4 Å². The first kappa shape index (κ1) is 25.8. The minimum atomic E-state index is -0.740.